The van der Waals surface area contributed by atoms with E-state index in [1.165, 1.54) is 37.8 Å². The Labute approximate surface area is 113 Å². The van der Waals surface area contributed by atoms with Gasteiger partial charge in [0.1, 0.15) is 0 Å². The molecule has 2 rings (SSSR count). The highest BCUT2D eigenvalue weighted by molar-refractivity contribution is 5.21. The van der Waals surface area contributed by atoms with Crippen LogP contribution in [-0.4, -0.2) is 30.1 Å². The topological polar surface area (TPSA) is 23.5 Å². The second-order valence-electron chi connectivity index (χ2n) is 5.53. The van der Waals surface area contributed by atoms with Crippen molar-refractivity contribution in [3.05, 3.63) is 35.4 Å². The van der Waals surface area contributed by atoms with E-state index in [0.717, 1.165) is 12.6 Å². The van der Waals surface area contributed by atoms with Gasteiger partial charge in [-0.05, 0) is 31.9 Å². The van der Waals surface area contributed by atoms with E-state index in [-0.39, 0.29) is 5.56 Å². The van der Waals surface area contributed by atoms with E-state index < -0.39 is 17.7 Å². The van der Waals surface area contributed by atoms with Crippen molar-refractivity contribution in [1.29, 1.82) is 0 Å². The molecule has 0 aromatic heterocycles. The summed E-state index contributed by atoms with van der Waals surface area (Å²) >= 11 is 0. The largest absolute Gasteiger partial charge is 0.387 e. The van der Waals surface area contributed by atoms with Crippen LogP contribution < -0.4 is 0 Å². The smallest absolute Gasteiger partial charge is 0.164 e. The molecule has 1 unspecified atom stereocenters. The summed E-state index contributed by atoms with van der Waals surface area (Å²) in [5.74, 6) is -1.17. The van der Waals surface area contributed by atoms with Crippen LogP contribution >= 0.6 is 0 Å². The second-order valence-corrected chi connectivity index (χ2v) is 5.53. The van der Waals surface area contributed by atoms with E-state index in [4.69, 9.17) is 0 Å². The standard InChI is InChI=1S/C15H21F2NO/c1-18(9-11-5-2-3-6-11)10-14(19)12-7-4-8-13(16)15(12)17/h4,7-8,11,14,19H,2-3,5-6,9-10H2,1H3. The van der Waals surface area contributed by atoms with Crippen LogP contribution in [0.4, 0.5) is 8.78 Å². The number of hydrogen-bond acceptors (Lipinski definition) is 2. The fourth-order valence-electron chi connectivity index (χ4n) is 2.88. The third-order valence-electron chi connectivity index (χ3n) is 3.87. The lowest BCUT2D eigenvalue weighted by atomic mass is 10.1. The van der Waals surface area contributed by atoms with Gasteiger partial charge in [0, 0.05) is 18.7 Å². The Bertz CT molecular complexity index is 419. The van der Waals surface area contributed by atoms with E-state index in [9.17, 15) is 13.9 Å². The van der Waals surface area contributed by atoms with E-state index in [1.54, 1.807) is 0 Å². The minimum Gasteiger partial charge on any atom is -0.387 e. The van der Waals surface area contributed by atoms with Gasteiger partial charge >= 0.3 is 0 Å². The molecule has 1 aromatic rings. The number of hydrogen-bond donors (Lipinski definition) is 1. The van der Waals surface area contributed by atoms with Crippen LogP contribution in [-0.2, 0) is 0 Å². The van der Waals surface area contributed by atoms with Gasteiger partial charge in [0.15, 0.2) is 11.6 Å². The fraction of sp³-hybridized carbons (Fsp3) is 0.600. The van der Waals surface area contributed by atoms with Gasteiger partial charge in [-0.1, -0.05) is 25.0 Å². The lowest BCUT2D eigenvalue weighted by Gasteiger charge is -2.24. The Balaban J connectivity index is 1.92. The molecular weight excluding hydrogens is 248 g/mol. The van der Waals surface area contributed by atoms with Crippen molar-refractivity contribution in [2.24, 2.45) is 5.92 Å². The van der Waals surface area contributed by atoms with E-state index in [1.807, 2.05) is 11.9 Å². The zero-order valence-corrected chi connectivity index (χ0v) is 11.3. The Morgan fingerprint density at radius 1 is 1.32 bits per heavy atom. The van der Waals surface area contributed by atoms with Crippen molar-refractivity contribution in [3.8, 4) is 0 Å². The van der Waals surface area contributed by atoms with E-state index >= 15 is 0 Å². The predicted molar refractivity (Wildman–Crippen MR) is 70.8 cm³/mol. The van der Waals surface area contributed by atoms with Crippen molar-refractivity contribution >= 4 is 0 Å². The highest BCUT2D eigenvalue weighted by Crippen LogP contribution is 2.26. The number of aliphatic hydroxyl groups is 1. The number of nitrogens with zero attached hydrogens (tertiary/aromatic N) is 1. The SMILES string of the molecule is CN(CC1CCCC1)CC(O)c1cccc(F)c1F. The molecule has 2 nitrogen and oxygen atoms in total. The highest BCUT2D eigenvalue weighted by Gasteiger charge is 2.20. The van der Waals surface area contributed by atoms with Gasteiger partial charge in [-0.3, -0.25) is 0 Å². The first-order valence-electron chi connectivity index (χ1n) is 6.88. The number of rotatable bonds is 5. The van der Waals surface area contributed by atoms with Gasteiger partial charge in [0.2, 0.25) is 0 Å². The maximum atomic E-state index is 13.6. The van der Waals surface area contributed by atoms with Crippen LogP contribution in [0.15, 0.2) is 18.2 Å². The minimum absolute atomic E-state index is 0.0401. The molecule has 106 valence electrons. The van der Waals surface area contributed by atoms with E-state index in [2.05, 4.69) is 0 Å². The Morgan fingerprint density at radius 2 is 2.00 bits per heavy atom. The molecule has 0 bridgehead atoms. The monoisotopic (exact) mass is 269 g/mol. The second kappa shape index (κ2) is 6.44. The summed E-state index contributed by atoms with van der Waals surface area (Å²) in [5.41, 5.74) is 0.0401. The molecule has 1 aliphatic rings. The summed E-state index contributed by atoms with van der Waals surface area (Å²) in [6.45, 7) is 1.24. The summed E-state index contributed by atoms with van der Waals surface area (Å²) in [6.07, 6.45) is 4.03. The fourth-order valence-corrected chi connectivity index (χ4v) is 2.88. The average molecular weight is 269 g/mol. The van der Waals surface area contributed by atoms with Crippen molar-refractivity contribution in [2.45, 2.75) is 31.8 Å². The average Bonchev–Trinajstić information content (AvgIpc) is 2.85. The summed E-state index contributed by atoms with van der Waals surface area (Å²) in [7, 11) is 1.92. The number of benzene rings is 1. The van der Waals surface area contributed by atoms with Crippen LogP contribution in [0.5, 0.6) is 0 Å². The predicted octanol–water partition coefficient (Wildman–Crippen LogP) is 3.12. The zero-order valence-electron chi connectivity index (χ0n) is 11.3. The molecule has 1 aromatic carbocycles. The summed E-state index contributed by atoms with van der Waals surface area (Å²) in [6, 6.07) is 3.92. The van der Waals surface area contributed by atoms with Gasteiger partial charge < -0.3 is 10.0 Å². The van der Waals surface area contributed by atoms with Crippen LogP contribution in [0.2, 0.25) is 0 Å². The van der Waals surface area contributed by atoms with Gasteiger partial charge in [0.25, 0.3) is 0 Å². The first kappa shape index (κ1) is 14.4. The summed E-state index contributed by atoms with van der Waals surface area (Å²) in [4.78, 5) is 2.00. The molecule has 0 aliphatic heterocycles. The normalized spacial score (nSPS) is 18.2. The Morgan fingerprint density at radius 3 is 2.68 bits per heavy atom. The molecule has 0 radical (unpaired) electrons. The number of aliphatic hydroxyl groups excluding tert-OH is 1. The molecule has 1 aliphatic carbocycles. The van der Waals surface area contributed by atoms with Crippen molar-refractivity contribution in [2.75, 3.05) is 20.1 Å². The number of halogens is 2. The zero-order chi connectivity index (χ0) is 13.8. The number of likely N-dealkylation sites (N-methyl/N-ethyl adjacent to an activating group) is 1. The van der Waals surface area contributed by atoms with Crippen LogP contribution in [0.3, 0.4) is 0 Å². The van der Waals surface area contributed by atoms with Gasteiger partial charge in [-0.2, -0.15) is 0 Å². The molecule has 0 heterocycles. The Hall–Kier alpha value is -1.00. The van der Waals surface area contributed by atoms with Crippen molar-refractivity contribution in [1.82, 2.24) is 4.90 Å². The molecule has 4 heteroatoms. The third-order valence-corrected chi connectivity index (χ3v) is 3.87. The quantitative estimate of drug-likeness (QED) is 0.887. The van der Waals surface area contributed by atoms with Crippen molar-refractivity contribution < 1.29 is 13.9 Å². The van der Waals surface area contributed by atoms with Crippen molar-refractivity contribution in [3.63, 3.8) is 0 Å². The molecule has 1 N–H and O–H groups in total. The maximum absolute atomic E-state index is 13.6. The molecule has 1 saturated carbocycles. The lowest BCUT2D eigenvalue weighted by molar-refractivity contribution is 0.115. The lowest BCUT2D eigenvalue weighted by Crippen LogP contribution is -2.29. The van der Waals surface area contributed by atoms with Crippen LogP contribution in [0.25, 0.3) is 0 Å². The summed E-state index contributed by atoms with van der Waals surface area (Å²) in [5, 5.41) is 10.0. The van der Waals surface area contributed by atoms with Gasteiger partial charge in [-0.15, -0.1) is 0 Å². The highest BCUT2D eigenvalue weighted by atomic mass is 19.2. The molecule has 1 fully saturated rings. The van der Waals surface area contributed by atoms with Gasteiger partial charge in [-0.25, -0.2) is 8.78 Å². The maximum Gasteiger partial charge on any atom is 0.164 e. The molecule has 0 spiro atoms. The first-order valence-corrected chi connectivity index (χ1v) is 6.88. The molecule has 19 heavy (non-hydrogen) atoms. The Kier molecular flexibility index (Phi) is 4.88. The van der Waals surface area contributed by atoms with E-state index in [0.29, 0.717) is 12.5 Å². The molecule has 0 saturated heterocycles. The van der Waals surface area contributed by atoms with Gasteiger partial charge in [0.05, 0.1) is 6.10 Å². The molecular formula is C15H21F2NO. The third kappa shape index (κ3) is 3.74. The minimum atomic E-state index is -0.984. The first-order chi connectivity index (χ1) is 9.08. The van der Waals surface area contributed by atoms with Crippen LogP contribution in [0.1, 0.15) is 37.4 Å². The molecule has 1 atom stereocenters. The molecule has 0 amide bonds. The van der Waals surface area contributed by atoms with Crippen LogP contribution in [0, 0.1) is 17.6 Å². The summed E-state index contributed by atoms with van der Waals surface area (Å²) < 4.78 is 26.7.